The fraction of sp³-hybridized carbons (Fsp3) is 0.0500. The van der Waals surface area contributed by atoms with Crippen molar-refractivity contribution in [2.75, 3.05) is 12.2 Å². The second kappa shape index (κ2) is 6.46. The van der Waals surface area contributed by atoms with E-state index in [0.717, 1.165) is 33.9 Å². The van der Waals surface area contributed by atoms with E-state index in [2.05, 4.69) is 22.7 Å². The van der Waals surface area contributed by atoms with Crippen molar-refractivity contribution in [2.45, 2.75) is 0 Å². The summed E-state index contributed by atoms with van der Waals surface area (Å²) >= 11 is 0. The van der Waals surface area contributed by atoms with Crippen molar-refractivity contribution in [3.05, 3.63) is 78.4 Å². The summed E-state index contributed by atoms with van der Waals surface area (Å²) in [5.74, 6) is 1.60. The summed E-state index contributed by atoms with van der Waals surface area (Å²) in [4.78, 5) is 0. The van der Waals surface area contributed by atoms with Gasteiger partial charge in [-0.15, -0.1) is 0 Å². The zero-order valence-electron chi connectivity index (χ0n) is 13.0. The van der Waals surface area contributed by atoms with Gasteiger partial charge in [0, 0.05) is 0 Å². The van der Waals surface area contributed by atoms with E-state index >= 15 is 0 Å². The van der Waals surface area contributed by atoms with E-state index in [0.29, 0.717) is 6.79 Å². The monoisotopic (exact) mass is 316 g/mol. The van der Waals surface area contributed by atoms with Gasteiger partial charge in [0.25, 0.3) is 0 Å². The number of nitrogens with one attached hydrogen (secondary N) is 1. The maximum Gasteiger partial charge on any atom is 0.231 e. The minimum absolute atomic E-state index is 0.294. The summed E-state index contributed by atoms with van der Waals surface area (Å²) in [5, 5.41) is 4.25. The molecule has 1 N–H and O–H groups in total. The normalized spacial score (nSPS) is 12.5. The van der Waals surface area contributed by atoms with Crippen LogP contribution in [0.4, 0.5) is 5.69 Å². The Morgan fingerprint density at radius 1 is 0.792 bits per heavy atom. The zero-order chi connectivity index (χ0) is 16.2. The van der Waals surface area contributed by atoms with E-state index in [-0.39, 0.29) is 0 Å². The molecule has 0 aromatic heterocycles. The molecule has 1 heterocycles. The Hall–Kier alpha value is -3.27. The second-order valence-electron chi connectivity index (χ2n) is 5.43. The average Bonchev–Trinajstić information content (AvgIpc) is 3.11. The quantitative estimate of drug-likeness (QED) is 0.568. The van der Waals surface area contributed by atoms with Crippen LogP contribution in [-0.2, 0) is 0 Å². The van der Waals surface area contributed by atoms with Crippen LogP contribution >= 0.6 is 0 Å². The molecule has 0 fully saturated rings. The van der Waals surface area contributed by atoms with Crippen LogP contribution in [0.15, 0.2) is 77.9 Å². The van der Waals surface area contributed by atoms with Gasteiger partial charge in [-0.3, -0.25) is 5.43 Å². The zero-order valence-corrected chi connectivity index (χ0v) is 13.0. The number of nitrogens with zero attached hydrogens (tertiary/aromatic N) is 1. The van der Waals surface area contributed by atoms with Gasteiger partial charge in [0.15, 0.2) is 11.5 Å². The van der Waals surface area contributed by atoms with Gasteiger partial charge in [-0.1, -0.05) is 48.5 Å². The second-order valence-corrected chi connectivity index (χ2v) is 5.43. The number of hydrogen-bond donors (Lipinski definition) is 1. The van der Waals surface area contributed by atoms with E-state index < -0.39 is 0 Å². The minimum atomic E-state index is 0.294. The minimum Gasteiger partial charge on any atom is -0.454 e. The van der Waals surface area contributed by atoms with Crippen molar-refractivity contribution in [1.29, 1.82) is 0 Å². The first-order valence-electron chi connectivity index (χ1n) is 7.73. The first kappa shape index (κ1) is 14.3. The molecule has 0 atom stereocenters. The first-order chi connectivity index (χ1) is 11.9. The number of anilines is 1. The number of hydrogen-bond acceptors (Lipinski definition) is 4. The third-order valence-electron chi connectivity index (χ3n) is 3.80. The fourth-order valence-corrected chi connectivity index (χ4v) is 2.53. The van der Waals surface area contributed by atoms with Crippen LogP contribution in [-0.4, -0.2) is 13.0 Å². The molecule has 0 radical (unpaired) electrons. The highest BCUT2D eigenvalue weighted by Crippen LogP contribution is 2.35. The number of hydrazone groups is 1. The predicted molar refractivity (Wildman–Crippen MR) is 95.7 cm³/mol. The van der Waals surface area contributed by atoms with Crippen molar-refractivity contribution in [1.82, 2.24) is 0 Å². The van der Waals surface area contributed by atoms with Crippen LogP contribution in [0.3, 0.4) is 0 Å². The van der Waals surface area contributed by atoms with Gasteiger partial charge in [-0.25, -0.2) is 0 Å². The van der Waals surface area contributed by atoms with E-state index in [1.54, 1.807) is 6.21 Å². The van der Waals surface area contributed by atoms with Crippen molar-refractivity contribution in [3.63, 3.8) is 0 Å². The predicted octanol–water partition coefficient (Wildman–Crippen LogP) is 4.53. The van der Waals surface area contributed by atoms with Crippen molar-refractivity contribution >= 4 is 11.9 Å². The molecule has 0 aliphatic carbocycles. The van der Waals surface area contributed by atoms with Crippen LogP contribution in [0.5, 0.6) is 11.5 Å². The lowest BCUT2D eigenvalue weighted by atomic mass is 10.0. The van der Waals surface area contributed by atoms with E-state index in [1.165, 1.54) is 0 Å². The molecule has 0 amide bonds. The lowest BCUT2D eigenvalue weighted by Gasteiger charge is -2.04. The molecule has 0 saturated carbocycles. The van der Waals surface area contributed by atoms with Gasteiger partial charge in [-0.05, 0) is 41.0 Å². The Bertz CT molecular complexity index is 859. The summed E-state index contributed by atoms with van der Waals surface area (Å²) < 4.78 is 10.8. The maximum absolute atomic E-state index is 5.43. The number of rotatable bonds is 4. The smallest absolute Gasteiger partial charge is 0.231 e. The van der Waals surface area contributed by atoms with Gasteiger partial charge in [-0.2, -0.15) is 5.10 Å². The maximum atomic E-state index is 5.43. The molecule has 4 heteroatoms. The molecule has 3 aromatic carbocycles. The number of ether oxygens (including phenoxy) is 2. The summed E-state index contributed by atoms with van der Waals surface area (Å²) in [7, 11) is 0. The molecule has 0 saturated heterocycles. The molecule has 1 aliphatic rings. The Kier molecular flexibility index (Phi) is 3.86. The van der Waals surface area contributed by atoms with E-state index in [9.17, 15) is 0 Å². The molecule has 118 valence electrons. The van der Waals surface area contributed by atoms with E-state index in [4.69, 9.17) is 9.47 Å². The fourth-order valence-electron chi connectivity index (χ4n) is 2.53. The highest BCUT2D eigenvalue weighted by Gasteiger charge is 2.13. The highest BCUT2D eigenvalue weighted by atomic mass is 16.7. The number of para-hydroxylation sites is 1. The van der Waals surface area contributed by atoms with Crippen molar-refractivity contribution in [3.8, 4) is 22.6 Å². The molecule has 0 bridgehead atoms. The standard InChI is InChI=1S/C20H16N2O2/c1-2-4-18(5-3-1)22-21-13-15-6-8-16(9-7-15)17-10-11-19-20(12-17)24-14-23-19/h1-13,22H,14H2. The van der Waals surface area contributed by atoms with Crippen molar-refractivity contribution < 1.29 is 9.47 Å². The van der Waals surface area contributed by atoms with Crippen LogP contribution in [0.25, 0.3) is 11.1 Å². The van der Waals surface area contributed by atoms with Crippen LogP contribution in [0, 0.1) is 0 Å². The number of fused-ring (bicyclic) bond motifs is 1. The van der Waals surface area contributed by atoms with Crippen LogP contribution in [0.1, 0.15) is 5.56 Å². The lowest BCUT2D eigenvalue weighted by Crippen LogP contribution is -1.92. The molecule has 0 spiro atoms. The lowest BCUT2D eigenvalue weighted by molar-refractivity contribution is 0.174. The summed E-state index contributed by atoms with van der Waals surface area (Å²) in [5.41, 5.74) is 7.23. The SMILES string of the molecule is C(=NNc1ccccc1)c1ccc(-c2ccc3c(c2)OCO3)cc1. The van der Waals surface area contributed by atoms with Crippen molar-refractivity contribution in [2.24, 2.45) is 5.10 Å². The van der Waals surface area contributed by atoms with Gasteiger partial charge in [0.05, 0.1) is 11.9 Å². The summed E-state index contributed by atoms with van der Waals surface area (Å²) in [6, 6.07) is 24.1. The Labute approximate surface area is 140 Å². The third-order valence-corrected chi connectivity index (χ3v) is 3.80. The largest absolute Gasteiger partial charge is 0.454 e. The average molecular weight is 316 g/mol. The molecule has 24 heavy (non-hydrogen) atoms. The van der Waals surface area contributed by atoms with Gasteiger partial charge < -0.3 is 9.47 Å². The first-order valence-corrected chi connectivity index (χ1v) is 7.73. The number of benzene rings is 3. The Balaban J connectivity index is 1.46. The van der Waals surface area contributed by atoms with Crippen LogP contribution in [0.2, 0.25) is 0 Å². The molecule has 1 aliphatic heterocycles. The summed E-state index contributed by atoms with van der Waals surface area (Å²) in [6.45, 7) is 0.294. The molecular weight excluding hydrogens is 300 g/mol. The molecule has 4 rings (SSSR count). The molecule has 4 nitrogen and oxygen atoms in total. The Morgan fingerprint density at radius 3 is 2.38 bits per heavy atom. The van der Waals surface area contributed by atoms with Crippen LogP contribution < -0.4 is 14.9 Å². The molecule has 3 aromatic rings. The molecular formula is C20H16N2O2. The summed E-state index contributed by atoms with van der Waals surface area (Å²) in [6.07, 6.45) is 1.80. The topological polar surface area (TPSA) is 42.9 Å². The Morgan fingerprint density at radius 2 is 1.54 bits per heavy atom. The third kappa shape index (κ3) is 3.08. The van der Waals surface area contributed by atoms with Gasteiger partial charge >= 0.3 is 0 Å². The molecule has 0 unspecified atom stereocenters. The van der Waals surface area contributed by atoms with E-state index in [1.807, 2.05) is 60.7 Å². The highest BCUT2D eigenvalue weighted by molar-refractivity contribution is 5.81. The van der Waals surface area contributed by atoms with Gasteiger partial charge in [0.1, 0.15) is 0 Å². The van der Waals surface area contributed by atoms with Gasteiger partial charge in [0.2, 0.25) is 6.79 Å².